The predicted octanol–water partition coefficient (Wildman–Crippen LogP) is 6.11. The van der Waals surface area contributed by atoms with Crippen LogP contribution < -0.4 is 10.1 Å². The molecule has 9 nitrogen and oxygen atoms in total. The van der Waals surface area contributed by atoms with Crippen LogP contribution in [0.2, 0.25) is 0 Å². The second kappa shape index (κ2) is 12.8. The van der Waals surface area contributed by atoms with E-state index in [2.05, 4.69) is 15.6 Å². The topological polar surface area (TPSA) is 102 Å². The lowest BCUT2D eigenvalue weighted by atomic mass is 10.0. The summed E-state index contributed by atoms with van der Waals surface area (Å²) in [6.45, 7) is -0.147. The highest BCUT2D eigenvalue weighted by atomic mass is 32.1. The number of aromatic nitrogens is 4. The molecule has 0 aliphatic heterocycles. The molecule has 44 heavy (non-hydrogen) atoms. The number of para-hydroxylation sites is 1. The Balaban J connectivity index is 1.38. The highest BCUT2D eigenvalue weighted by molar-refractivity contribution is 7.09. The normalized spacial score (nSPS) is 11.7. The zero-order valence-corrected chi connectivity index (χ0v) is 24.4. The minimum Gasteiger partial charge on any atom is -0.497 e. The Morgan fingerprint density at radius 1 is 0.955 bits per heavy atom. The largest absolute Gasteiger partial charge is 0.497 e. The van der Waals surface area contributed by atoms with Gasteiger partial charge in [-0.2, -0.15) is 0 Å². The summed E-state index contributed by atoms with van der Waals surface area (Å²) in [5, 5.41) is 13.8. The standard InChI is InChI=1S/C33H27FN6O3S/c1-43-26-17-15-25(16-18-26)35-33(42)32(23-11-13-24(34)14-12-23)39(19-30-36-28(21-44-30)22-7-3-2-4-8-22)31(41)20-40-29-10-6-5-9-27(29)37-38-40/h2-18,21,32H,19-20H2,1H3,(H,35,42)/t32-/m1/s1. The number of thiazole rings is 1. The number of methoxy groups -OCH3 is 1. The monoisotopic (exact) mass is 606 g/mol. The van der Waals surface area contributed by atoms with Crippen molar-refractivity contribution in [3.63, 3.8) is 0 Å². The second-order valence-corrected chi connectivity index (χ2v) is 10.9. The number of hydrogen-bond donors (Lipinski definition) is 1. The Morgan fingerprint density at radius 3 is 2.43 bits per heavy atom. The molecule has 11 heteroatoms. The van der Waals surface area contributed by atoms with Crippen molar-refractivity contribution < 1.29 is 18.7 Å². The average molecular weight is 607 g/mol. The summed E-state index contributed by atoms with van der Waals surface area (Å²) in [7, 11) is 1.56. The van der Waals surface area contributed by atoms with Crippen molar-refractivity contribution in [1.82, 2.24) is 24.9 Å². The van der Waals surface area contributed by atoms with E-state index in [-0.39, 0.29) is 13.1 Å². The van der Waals surface area contributed by atoms with Gasteiger partial charge in [0.05, 0.1) is 24.9 Å². The van der Waals surface area contributed by atoms with Gasteiger partial charge in [0.15, 0.2) is 0 Å². The zero-order valence-electron chi connectivity index (χ0n) is 23.6. The van der Waals surface area contributed by atoms with Crippen LogP contribution >= 0.6 is 11.3 Å². The van der Waals surface area contributed by atoms with Crippen molar-refractivity contribution >= 4 is 39.9 Å². The van der Waals surface area contributed by atoms with Crippen LogP contribution in [0.3, 0.4) is 0 Å². The van der Waals surface area contributed by atoms with Crippen molar-refractivity contribution in [2.45, 2.75) is 19.1 Å². The average Bonchev–Trinajstić information content (AvgIpc) is 3.70. The van der Waals surface area contributed by atoms with Crippen molar-refractivity contribution in [2.75, 3.05) is 12.4 Å². The molecule has 2 heterocycles. The van der Waals surface area contributed by atoms with Crippen LogP contribution in [0.5, 0.6) is 5.75 Å². The van der Waals surface area contributed by atoms with Crippen LogP contribution in [0.1, 0.15) is 16.6 Å². The Labute approximate surface area is 256 Å². The summed E-state index contributed by atoms with van der Waals surface area (Å²) in [4.78, 5) is 34.5. The summed E-state index contributed by atoms with van der Waals surface area (Å²) in [6, 6.07) is 28.3. The molecular formula is C33H27FN6O3S. The van der Waals surface area contributed by atoms with Crippen molar-refractivity contribution in [2.24, 2.45) is 0 Å². The summed E-state index contributed by atoms with van der Waals surface area (Å²) in [6.07, 6.45) is 0. The lowest BCUT2D eigenvalue weighted by molar-refractivity contribution is -0.140. The number of ether oxygens (including phenoxy) is 1. The Bertz CT molecular complexity index is 1890. The maximum Gasteiger partial charge on any atom is 0.251 e. The number of amides is 2. The summed E-state index contributed by atoms with van der Waals surface area (Å²) >= 11 is 1.39. The van der Waals surface area contributed by atoms with Gasteiger partial charge in [0.1, 0.15) is 34.7 Å². The minimum absolute atomic E-state index is 0.0288. The molecule has 2 amide bonds. The molecule has 6 aromatic rings. The Hall–Kier alpha value is -5.42. The molecule has 4 aromatic carbocycles. The lowest BCUT2D eigenvalue weighted by Crippen LogP contribution is -2.42. The molecule has 1 N–H and O–H groups in total. The van der Waals surface area contributed by atoms with Crippen LogP contribution in [0.4, 0.5) is 10.1 Å². The van der Waals surface area contributed by atoms with Gasteiger partial charge in [-0.15, -0.1) is 16.4 Å². The zero-order chi connectivity index (χ0) is 30.5. The number of fused-ring (bicyclic) bond motifs is 1. The number of carbonyl (C=O) groups excluding carboxylic acids is 2. The summed E-state index contributed by atoms with van der Waals surface area (Å²) in [5.41, 5.74) is 3.98. The Morgan fingerprint density at radius 2 is 1.68 bits per heavy atom. The van der Waals surface area contributed by atoms with E-state index in [0.717, 1.165) is 11.3 Å². The van der Waals surface area contributed by atoms with E-state index in [9.17, 15) is 14.0 Å². The number of carbonyl (C=O) groups is 2. The molecule has 0 unspecified atom stereocenters. The molecule has 0 radical (unpaired) electrons. The molecule has 0 aliphatic carbocycles. The summed E-state index contributed by atoms with van der Waals surface area (Å²) in [5.74, 6) is -0.690. The van der Waals surface area contributed by atoms with Gasteiger partial charge in [-0.05, 0) is 54.1 Å². The second-order valence-electron chi connectivity index (χ2n) is 9.92. The van der Waals surface area contributed by atoms with Crippen LogP contribution in [0.15, 0.2) is 109 Å². The first-order valence-corrected chi connectivity index (χ1v) is 14.6. The Kier molecular flexibility index (Phi) is 8.37. The van der Waals surface area contributed by atoms with Gasteiger partial charge in [0.2, 0.25) is 5.91 Å². The molecule has 0 aliphatic rings. The maximum atomic E-state index is 14.2. The van der Waals surface area contributed by atoms with E-state index in [4.69, 9.17) is 9.72 Å². The quantitative estimate of drug-likeness (QED) is 0.202. The third kappa shape index (κ3) is 6.32. The third-order valence-electron chi connectivity index (χ3n) is 7.06. The molecule has 6 rings (SSSR count). The highest BCUT2D eigenvalue weighted by Crippen LogP contribution is 2.29. The highest BCUT2D eigenvalue weighted by Gasteiger charge is 2.33. The lowest BCUT2D eigenvalue weighted by Gasteiger charge is -2.31. The smallest absolute Gasteiger partial charge is 0.251 e. The van der Waals surface area contributed by atoms with Crippen molar-refractivity contribution in [1.29, 1.82) is 0 Å². The van der Waals surface area contributed by atoms with Crippen LogP contribution in [0.25, 0.3) is 22.3 Å². The van der Waals surface area contributed by atoms with Gasteiger partial charge in [-0.1, -0.05) is 59.8 Å². The molecule has 0 fully saturated rings. The van der Waals surface area contributed by atoms with Gasteiger partial charge < -0.3 is 15.0 Å². The first-order chi connectivity index (χ1) is 21.5. The first-order valence-electron chi connectivity index (χ1n) is 13.8. The van der Waals surface area contributed by atoms with E-state index >= 15 is 0 Å². The number of nitrogens with zero attached hydrogens (tertiary/aromatic N) is 5. The number of anilines is 1. The van der Waals surface area contributed by atoms with E-state index in [1.165, 1.54) is 45.2 Å². The first kappa shape index (κ1) is 28.7. The SMILES string of the molecule is COc1ccc(NC(=O)[C@@H](c2ccc(F)cc2)N(Cc2nc(-c3ccccc3)cs2)C(=O)Cn2nnc3ccccc32)cc1. The van der Waals surface area contributed by atoms with E-state index in [1.807, 2.05) is 60.0 Å². The number of benzene rings is 4. The van der Waals surface area contributed by atoms with Gasteiger partial charge in [-0.3, -0.25) is 9.59 Å². The van der Waals surface area contributed by atoms with Gasteiger partial charge in [0.25, 0.3) is 5.91 Å². The molecule has 1 atom stereocenters. The molecule has 0 spiro atoms. The fourth-order valence-electron chi connectivity index (χ4n) is 4.85. The number of rotatable bonds is 10. The van der Waals surface area contributed by atoms with Crippen LogP contribution in [-0.2, 0) is 22.7 Å². The van der Waals surface area contributed by atoms with Crippen molar-refractivity contribution in [3.8, 4) is 17.0 Å². The van der Waals surface area contributed by atoms with Gasteiger partial charge >= 0.3 is 0 Å². The van der Waals surface area contributed by atoms with E-state index in [0.29, 0.717) is 33.0 Å². The fraction of sp³-hybridized carbons (Fsp3) is 0.121. The number of halogens is 1. The molecule has 220 valence electrons. The maximum absolute atomic E-state index is 14.2. The molecule has 0 saturated heterocycles. The molecule has 2 aromatic heterocycles. The molecule has 0 bridgehead atoms. The molecule has 0 saturated carbocycles. The predicted molar refractivity (Wildman–Crippen MR) is 166 cm³/mol. The van der Waals surface area contributed by atoms with Crippen molar-refractivity contribution in [3.05, 3.63) is 125 Å². The molecular weight excluding hydrogens is 579 g/mol. The van der Waals surface area contributed by atoms with Gasteiger partial charge in [0, 0.05) is 16.6 Å². The number of nitrogens with one attached hydrogen (secondary N) is 1. The third-order valence-corrected chi connectivity index (χ3v) is 7.89. The number of hydrogen-bond acceptors (Lipinski definition) is 7. The van der Waals surface area contributed by atoms with Crippen LogP contribution in [-0.4, -0.2) is 43.8 Å². The van der Waals surface area contributed by atoms with E-state index in [1.54, 1.807) is 31.4 Å². The van der Waals surface area contributed by atoms with Crippen LogP contribution in [0, 0.1) is 5.82 Å². The minimum atomic E-state index is -1.12. The fourth-order valence-corrected chi connectivity index (χ4v) is 5.65. The van der Waals surface area contributed by atoms with Gasteiger partial charge in [-0.25, -0.2) is 14.1 Å². The summed E-state index contributed by atoms with van der Waals surface area (Å²) < 4.78 is 20.8. The van der Waals surface area contributed by atoms with E-state index < -0.39 is 23.7 Å².